The predicted molar refractivity (Wildman–Crippen MR) is 73.4 cm³/mol. The van der Waals surface area contributed by atoms with Crippen LogP contribution in [0.25, 0.3) is 5.65 Å². The van der Waals surface area contributed by atoms with E-state index in [0.29, 0.717) is 5.69 Å². The largest absolute Gasteiger partial charge is 0.347 e. The number of carbonyl (C=O) groups excluding carboxylic acids is 1. The molecule has 20 heavy (non-hydrogen) atoms. The number of nitrogens with one attached hydrogen (secondary N) is 1. The van der Waals surface area contributed by atoms with Crippen LogP contribution in [-0.4, -0.2) is 50.9 Å². The van der Waals surface area contributed by atoms with E-state index < -0.39 is 0 Å². The number of carbonyl (C=O) groups is 1. The first-order chi connectivity index (χ1) is 9.78. The van der Waals surface area contributed by atoms with Crippen molar-refractivity contribution in [1.29, 1.82) is 0 Å². The third-order valence-corrected chi connectivity index (χ3v) is 4.31. The minimum absolute atomic E-state index is 0.0897. The molecule has 0 aromatic carbocycles. The van der Waals surface area contributed by atoms with Gasteiger partial charge in [-0.15, -0.1) is 0 Å². The van der Waals surface area contributed by atoms with Crippen LogP contribution in [0.1, 0.15) is 23.3 Å². The van der Waals surface area contributed by atoms with Gasteiger partial charge in [-0.3, -0.25) is 4.79 Å². The summed E-state index contributed by atoms with van der Waals surface area (Å²) in [7, 11) is 0. The van der Waals surface area contributed by atoms with E-state index in [9.17, 15) is 4.79 Å². The quantitative estimate of drug-likeness (QED) is 0.866. The van der Waals surface area contributed by atoms with Crippen molar-refractivity contribution in [2.45, 2.75) is 18.9 Å². The van der Waals surface area contributed by atoms with Crippen LogP contribution in [-0.2, 0) is 0 Å². The maximum absolute atomic E-state index is 12.3. The van der Waals surface area contributed by atoms with Gasteiger partial charge in [0, 0.05) is 37.7 Å². The SMILES string of the molecule is O=C(NC1CC2CCN(C2)C1)c1cn2ccnc2cn1. The van der Waals surface area contributed by atoms with Gasteiger partial charge < -0.3 is 14.6 Å². The Kier molecular flexibility index (Phi) is 2.70. The molecule has 1 N–H and O–H groups in total. The molecule has 0 radical (unpaired) electrons. The van der Waals surface area contributed by atoms with Crippen LogP contribution in [0, 0.1) is 5.92 Å². The Balaban J connectivity index is 1.49. The van der Waals surface area contributed by atoms with Gasteiger partial charge in [0.25, 0.3) is 5.91 Å². The lowest BCUT2D eigenvalue weighted by Crippen LogP contribution is -2.47. The Morgan fingerprint density at radius 3 is 3.20 bits per heavy atom. The first-order valence-corrected chi connectivity index (χ1v) is 7.10. The first-order valence-electron chi connectivity index (χ1n) is 7.10. The number of aromatic nitrogens is 3. The average Bonchev–Trinajstić information content (AvgIpc) is 3.04. The lowest BCUT2D eigenvalue weighted by Gasteiger charge is -2.30. The van der Waals surface area contributed by atoms with Crippen molar-refractivity contribution in [3.63, 3.8) is 0 Å². The lowest BCUT2D eigenvalue weighted by molar-refractivity contribution is 0.0904. The second-order valence-electron chi connectivity index (χ2n) is 5.79. The van der Waals surface area contributed by atoms with Gasteiger partial charge in [-0.25, -0.2) is 9.97 Å². The van der Waals surface area contributed by atoms with E-state index in [1.54, 1.807) is 18.6 Å². The van der Waals surface area contributed by atoms with Crippen LogP contribution in [0.3, 0.4) is 0 Å². The summed E-state index contributed by atoms with van der Waals surface area (Å²) in [5, 5.41) is 3.12. The molecule has 6 nitrogen and oxygen atoms in total. The Hall–Kier alpha value is -1.95. The number of rotatable bonds is 2. The normalized spacial score (nSPS) is 28.7. The van der Waals surface area contributed by atoms with Crippen LogP contribution in [0.15, 0.2) is 24.8 Å². The Bertz CT molecular complexity index is 640. The lowest BCUT2D eigenvalue weighted by atomic mass is 9.97. The van der Waals surface area contributed by atoms with Crippen LogP contribution < -0.4 is 5.32 Å². The molecule has 2 aliphatic rings. The zero-order chi connectivity index (χ0) is 13.5. The summed E-state index contributed by atoms with van der Waals surface area (Å²) >= 11 is 0. The fourth-order valence-electron chi connectivity index (χ4n) is 3.37. The van der Waals surface area contributed by atoms with Gasteiger partial charge in [-0.1, -0.05) is 0 Å². The topological polar surface area (TPSA) is 62.5 Å². The standard InChI is InChI=1S/C14H17N5O/c20-14(12-9-19-4-2-15-13(19)6-16-12)17-11-5-10-1-3-18(7-10)8-11/h2,4,6,9-11H,1,3,5,7-8H2,(H,17,20). The molecule has 0 aliphatic carbocycles. The molecule has 0 saturated carbocycles. The summed E-state index contributed by atoms with van der Waals surface area (Å²) in [6.07, 6.45) is 9.24. The highest BCUT2D eigenvalue weighted by molar-refractivity contribution is 5.92. The van der Waals surface area contributed by atoms with E-state index in [0.717, 1.165) is 24.5 Å². The van der Waals surface area contributed by atoms with E-state index >= 15 is 0 Å². The molecule has 2 aromatic rings. The predicted octanol–water partition coefficient (Wildman–Crippen LogP) is 0.553. The molecule has 104 valence electrons. The van der Waals surface area contributed by atoms with E-state index in [1.165, 1.54) is 19.5 Å². The summed E-state index contributed by atoms with van der Waals surface area (Å²) in [5.41, 5.74) is 1.20. The van der Waals surface area contributed by atoms with Gasteiger partial charge in [0.05, 0.1) is 6.20 Å². The fraction of sp³-hybridized carbons (Fsp3) is 0.500. The van der Waals surface area contributed by atoms with Crippen LogP contribution >= 0.6 is 0 Å². The number of amides is 1. The molecule has 2 aliphatic heterocycles. The second-order valence-corrected chi connectivity index (χ2v) is 5.79. The van der Waals surface area contributed by atoms with Crippen molar-refractivity contribution in [2.24, 2.45) is 5.92 Å². The van der Waals surface area contributed by atoms with Crippen molar-refractivity contribution < 1.29 is 4.79 Å². The molecular formula is C14H17N5O. The van der Waals surface area contributed by atoms with E-state index in [-0.39, 0.29) is 11.9 Å². The average molecular weight is 271 g/mol. The van der Waals surface area contributed by atoms with Crippen LogP contribution in [0.5, 0.6) is 0 Å². The molecule has 2 fully saturated rings. The van der Waals surface area contributed by atoms with Crippen molar-refractivity contribution in [1.82, 2.24) is 24.6 Å². The smallest absolute Gasteiger partial charge is 0.271 e. The minimum atomic E-state index is -0.0897. The summed E-state index contributed by atoms with van der Waals surface area (Å²) < 4.78 is 1.82. The number of imidazole rings is 1. The molecule has 4 rings (SSSR count). The van der Waals surface area contributed by atoms with Crippen molar-refractivity contribution in [2.75, 3.05) is 19.6 Å². The molecule has 2 saturated heterocycles. The maximum Gasteiger partial charge on any atom is 0.271 e. The summed E-state index contributed by atoms with van der Waals surface area (Å²) in [6, 6.07) is 0.254. The number of hydrogen-bond donors (Lipinski definition) is 1. The van der Waals surface area contributed by atoms with Gasteiger partial charge in [-0.2, -0.15) is 0 Å². The Labute approximate surface area is 116 Å². The van der Waals surface area contributed by atoms with Crippen LogP contribution in [0.2, 0.25) is 0 Å². The molecule has 6 heteroatoms. The van der Waals surface area contributed by atoms with Gasteiger partial charge in [0.2, 0.25) is 0 Å². The van der Waals surface area contributed by atoms with Crippen molar-refractivity contribution >= 4 is 11.6 Å². The molecule has 2 aromatic heterocycles. The molecular weight excluding hydrogens is 254 g/mol. The van der Waals surface area contributed by atoms with Crippen molar-refractivity contribution in [3.05, 3.63) is 30.5 Å². The van der Waals surface area contributed by atoms with Gasteiger partial charge in [-0.05, 0) is 25.3 Å². The number of piperidine rings is 1. The van der Waals surface area contributed by atoms with E-state index in [2.05, 4.69) is 20.2 Å². The monoisotopic (exact) mass is 271 g/mol. The number of hydrogen-bond acceptors (Lipinski definition) is 4. The van der Waals surface area contributed by atoms with Crippen LogP contribution in [0.4, 0.5) is 0 Å². The van der Waals surface area contributed by atoms with Crippen molar-refractivity contribution in [3.8, 4) is 0 Å². The number of fused-ring (bicyclic) bond motifs is 3. The molecule has 4 heterocycles. The third-order valence-electron chi connectivity index (χ3n) is 4.31. The fourth-order valence-corrected chi connectivity index (χ4v) is 3.37. The Morgan fingerprint density at radius 1 is 1.35 bits per heavy atom. The van der Waals surface area contributed by atoms with E-state index in [4.69, 9.17) is 0 Å². The molecule has 3 atom stereocenters. The Morgan fingerprint density at radius 2 is 2.30 bits per heavy atom. The van der Waals surface area contributed by atoms with Gasteiger partial charge >= 0.3 is 0 Å². The highest BCUT2D eigenvalue weighted by atomic mass is 16.2. The molecule has 1 amide bonds. The van der Waals surface area contributed by atoms with Gasteiger partial charge in [0.15, 0.2) is 5.65 Å². The molecule has 3 unspecified atom stereocenters. The maximum atomic E-state index is 12.3. The zero-order valence-corrected chi connectivity index (χ0v) is 11.2. The number of nitrogens with zero attached hydrogens (tertiary/aromatic N) is 4. The highest BCUT2D eigenvalue weighted by Gasteiger charge is 2.33. The zero-order valence-electron chi connectivity index (χ0n) is 11.2. The minimum Gasteiger partial charge on any atom is -0.347 e. The first kappa shape index (κ1) is 11.8. The second kappa shape index (κ2) is 4.56. The molecule has 2 bridgehead atoms. The summed E-state index contributed by atoms with van der Waals surface area (Å²) in [6.45, 7) is 3.34. The van der Waals surface area contributed by atoms with E-state index in [1.807, 2.05) is 10.6 Å². The van der Waals surface area contributed by atoms with Gasteiger partial charge in [0.1, 0.15) is 5.69 Å². The highest BCUT2D eigenvalue weighted by Crippen LogP contribution is 2.26. The third kappa shape index (κ3) is 2.06. The molecule has 0 spiro atoms. The summed E-state index contributed by atoms with van der Waals surface area (Å²) in [4.78, 5) is 23.0. The summed E-state index contributed by atoms with van der Waals surface area (Å²) in [5.74, 6) is 0.659.